The highest BCUT2D eigenvalue weighted by molar-refractivity contribution is 5.49. The number of hydrogen-bond donors (Lipinski definition) is 0. The van der Waals surface area contributed by atoms with Crippen LogP contribution in [0.4, 0.5) is 0 Å². The van der Waals surface area contributed by atoms with Gasteiger partial charge in [0.1, 0.15) is 0 Å². The van der Waals surface area contributed by atoms with E-state index in [1.54, 1.807) is 14.2 Å². The molecule has 4 nitrogen and oxygen atoms in total. The lowest BCUT2D eigenvalue weighted by molar-refractivity contribution is 0.222. The van der Waals surface area contributed by atoms with Crippen LogP contribution >= 0.6 is 0 Å². The van der Waals surface area contributed by atoms with Gasteiger partial charge < -0.3 is 9.47 Å². The summed E-state index contributed by atoms with van der Waals surface area (Å²) in [7, 11) is 5.71. The van der Waals surface area contributed by atoms with Gasteiger partial charge in [-0.05, 0) is 43.0 Å². The Hall–Kier alpha value is -2.04. The second-order valence-electron chi connectivity index (χ2n) is 8.07. The molecule has 0 aliphatic carbocycles. The van der Waals surface area contributed by atoms with Gasteiger partial charge in [0.05, 0.1) is 14.2 Å². The van der Waals surface area contributed by atoms with Crippen LogP contribution in [0.1, 0.15) is 22.7 Å². The van der Waals surface area contributed by atoms with Crippen molar-refractivity contribution in [3.8, 4) is 11.5 Å². The van der Waals surface area contributed by atoms with E-state index in [-0.39, 0.29) is 0 Å². The Morgan fingerprint density at radius 1 is 1.00 bits per heavy atom. The van der Waals surface area contributed by atoms with Crippen molar-refractivity contribution < 1.29 is 9.47 Å². The van der Waals surface area contributed by atoms with E-state index in [2.05, 4.69) is 60.2 Å². The number of hydrogen-bond acceptors (Lipinski definition) is 4. The largest absolute Gasteiger partial charge is 0.493 e. The highest BCUT2D eigenvalue weighted by atomic mass is 16.5. The SMILES string of the molecule is COc1cc(C)cc(CN2C[C@@H]3CN(C)[C@@H](c4ccccc4)[C@@H]3C2)c1OC. The van der Waals surface area contributed by atoms with Gasteiger partial charge in [-0.2, -0.15) is 0 Å². The molecule has 3 atom stereocenters. The Labute approximate surface area is 162 Å². The van der Waals surface area contributed by atoms with Crippen LogP contribution < -0.4 is 9.47 Å². The number of fused-ring (bicyclic) bond motifs is 1. The highest BCUT2D eigenvalue weighted by Gasteiger charge is 2.45. The number of benzene rings is 2. The van der Waals surface area contributed by atoms with Crippen molar-refractivity contribution in [2.75, 3.05) is 40.9 Å². The van der Waals surface area contributed by atoms with E-state index in [1.165, 1.54) is 23.2 Å². The molecule has 2 saturated heterocycles. The maximum absolute atomic E-state index is 5.67. The molecule has 4 heteroatoms. The van der Waals surface area contributed by atoms with Crippen LogP contribution in [-0.4, -0.2) is 50.7 Å². The number of nitrogens with zero attached hydrogens (tertiary/aromatic N) is 2. The summed E-state index contributed by atoms with van der Waals surface area (Å²) in [6, 6.07) is 15.8. The second-order valence-corrected chi connectivity index (χ2v) is 8.07. The molecule has 2 aromatic rings. The molecule has 2 aromatic carbocycles. The summed E-state index contributed by atoms with van der Waals surface area (Å²) in [4.78, 5) is 5.13. The Bertz CT molecular complexity index is 792. The van der Waals surface area contributed by atoms with E-state index in [0.717, 1.165) is 37.1 Å². The summed E-state index contributed by atoms with van der Waals surface area (Å²) in [6.07, 6.45) is 0. The van der Waals surface area contributed by atoms with Gasteiger partial charge in [0.15, 0.2) is 11.5 Å². The first kappa shape index (κ1) is 18.3. The summed E-state index contributed by atoms with van der Waals surface area (Å²) in [5.74, 6) is 3.12. The smallest absolute Gasteiger partial charge is 0.165 e. The van der Waals surface area contributed by atoms with Gasteiger partial charge in [-0.3, -0.25) is 9.80 Å². The number of rotatable bonds is 5. The number of ether oxygens (including phenoxy) is 2. The summed E-state index contributed by atoms with van der Waals surface area (Å²) >= 11 is 0. The van der Waals surface area contributed by atoms with Gasteiger partial charge in [-0.1, -0.05) is 36.4 Å². The Kier molecular flexibility index (Phi) is 5.11. The van der Waals surface area contributed by atoms with E-state index in [4.69, 9.17) is 9.47 Å². The lowest BCUT2D eigenvalue weighted by atomic mass is 9.90. The first-order chi connectivity index (χ1) is 13.1. The normalized spacial score (nSPS) is 25.6. The minimum Gasteiger partial charge on any atom is -0.493 e. The number of methoxy groups -OCH3 is 2. The molecule has 0 radical (unpaired) electrons. The molecule has 27 heavy (non-hydrogen) atoms. The van der Waals surface area contributed by atoms with Crippen LogP contribution in [0.25, 0.3) is 0 Å². The molecule has 0 spiro atoms. The van der Waals surface area contributed by atoms with Crippen molar-refractivity contribution in [3.05, 3.63) is 59.2 Å². The van der Waals surface area contributed by atoms with Crippen LogP contribution in [0, 0.1) is 18.8 Å². The average Bonchev–Trinajstić information content (AvgIpc) is 3.17. The molecule has 2 aliphatic heterocycles. The topological polar surface area (TPSA) is 24.9 Å². The van der Waals surface area contributed by atoms with E-state index in [1.807, 2.05) is 6.07 Å². The lowest BCUT2D eigenvalue weighted by Crippen LogP contribution is -2.29. The lowest BCUT2D eigenvalue weighted by Gasteiger charge is -2.27. The Morgan fingerprint density at radius 3 is 2.48 bits per heavy atom. The van der Waals surface area contributed by atoms with E-state index in [9.17, 15) is 0 Å². The van der Waals surface area contributed by atoms with Crippen molar-refractivity contribution in [1.82, 2.24) is 9.80 Å². The van der Waals surface area contributed by atoms with Crippen molar-refractivity contribution in [2.24, 2.45) is 11.8 Å². The van der Waals surface area contributed by atoms with Crippen molar-refractivity contribution in [1.29, 1.82) is 0 Å². The van der Waals surface area contributed by atoms with Gasteiger partial charge in [0, 0.05) is 37.8 Å². The molecule has 0 saturated carbocycles. The molecule has 2 heterocycles. The molecule has 144 valence electrons. The third-order valence-corrected chi connectivity index (χ3v) is 6.21. The summed E-state index contributed by atoms with van der Waals surface area (Å²) in [6.45, 7) is 6.49. The van der Waals surface area contributed by atoms with Crippen molar-refractivity contribution in [2.45, 2.75) is 19.5 Å². The van der Waals surface area contributed by atoms with Crippen LogP contribution in [0.5, 0.6) is 11.5 Å². The molecule has 0 aromatic heterocycles. The summed E-state index contributed by atoms with van der Waals surface area (Å²) in [5, 5.41) is 0. The van der Waals surface area contributed by atoms with Crippen LogP contribution in [0.3, 0.4) is 0 Å². The Morgan fingerprint density at radius 2 is 1.78 bits per heavy atom. The van der Waals surface area contributed by atoms with Gasteiger partial charge in [-0.15, -0.1) is 0 Å². The maximum atomic E-state index is 5.67. The number of aryl methyl sites for hydroxylation is 1. The summed E-state index contributed by atoms with van der Waals surface area (Å²) < 4.78 is 11.2. The molecule has 0 unspecified atom stereocenters. The Balaban J connectivity index is 1.54. The van der Waals surface area contributed by atoms with Crippen molar-refractivity contribution in [3.63, 3.8) is 0 Å². The zero-order valence-corrected chi connectivity index (χ0v) is 16.8. The van der Waals surface area contributed by atoms with Gasteiger partial charge in [-0.25, -0.2) is 0 Å². The first-order valence-corrected chi connectivity index (χ1v) is 9.79. The molecule has 0 amide bonds. The molecular weight excluding hydrogens is 336 g/mol. The molecular formula is C23H30N2O2. The third kappa shape index (κ3) is 3.44. The predicted octanol–water partition coefficient (Wildman–Crippen LogP) is 3.75. The van der Waals surface area contributed by atoms with E-state index >= 15 is 0 Å². The molecule has 2 aliphatic rings. The van der Waals surface area contributed by atoms with Gasteiger partial charge in [0.2, 0.25) is 0 Å². The van der Waals surface area contributed by atoms with Crippen LogP contribution in [0.2, 0.25) is 0 Å². The zero-order valence-electron chi connectivity index (χ0n) is 16.8. The fourth-order valence-corrected chi connectivity index (χ4v) is 5.19. The monoisotopic (exact) mass is 366 g/mol. The van der Waals surface area contributed by atoms with Gasteiger partial charge >= 0.3 is 0 Å². The molecule has 4 rings (SSSR count). The number of likely N-dealkylation sites (tertiary alicyclic amines) is 2. The zero-order chi connectivity index (χ0) is 19.0. The predicted molar refractivity (Wildman–Crippen MR) is 108 cm³/mol. The first-order valence-electron chi connectivity index (χ1n) is 9.79. The molecule has 0 N–H and O–H groups in total. The van der Waals surface area contributed by atoms with Crippen LogP contribution in [-0.2, 0) is 6.54 Å². The standard InChI is InChI=1S/C23H30N2O2/c1-16-10-18(23(27-4)21(11-16)26-3)13-25-14-19-12-24(2)22(20(19)15-25)17-8-6-5-7-9-17/h5-11,19-20,22H,12-15H2,1-4H3/t19-,20+,22-/m0/s1. The fraction of sp³-hybridized carbons (Fsp3) is 0.478. The maximum Gasteiger partial charge on any atom is 0.165 e. The van der Waals surface area contributed by atoms with E-state index in [0.29, 0.717) is 12.0 Å². The fourth-order valence-electron chi connectivity index (χ4n) is 5.19. The minimum absolute atomic E-state index is 0.523. The minimum atomic E-state index is 0.523. The molecule has 2 fully saturated rings. The quantitative estimate of drug-likeness (QED) is 0.805. The van der Waals surface area contributed by atoms with Crippen molar-refractivity contribution >= 4 is 0 Å². The highest BCUT2D eigenvalue weighted by Crippen LogP contribution is 2.45. The molecule has 0 bridgehead atoms. The third-order valence-electron chi connectivity index (χ3n) is 6.21. The summed E-state index contributed by atoms with van der Waals surface area (Å²) in [5.41, 5.74) is 3.88. The van der Waals surface area contributed by atoms with E-state index < -0.39 is 0 Å². The average molecular weight is 367 g/mol. The second kappa shape index (κ2) is 7.53. The van der Waals surface area contributed by atoms with Gasteiger partial charge in [0.25, 0.3) is 0 Å². The van der Waals surface area contributed by atoms with Crippen LogP contribution in [0.15, 0.2) is 42.5 Å².